The molecule has 0 saturated carbocycles. The van der Waals surface area contributed by atoms with Crippen molar-refractivity contribution in [3.8, 4) is 0 Å². The molecule has 0 aliphatic carbocycles. The van der Waals surface area contributed by atoms with Gasteiger partial charge in [-0.15, -0.1) is 11.3 Å². The highest BCUT2D eigenvalue weighted by atomic mass is 79.9. The van der Waals surface area contributed by atoms with Gasteiger partial charge in [0.1, 0.15) is 0 Å². The first-order chi connectivity index (χ1) is 18.2. The first-order valence-electron chi connectivity index (χ1n) is 10.1. The van der Waals surface area contributed by atoms with Crippen molar-refractivity contribution in [2.45, 2.75) is 24.2 Å². The summed E-state index contributed by atoms with van der Waals surface area (Å²) in [7, 11) is 0. The molecule has 0 aliphatic rings. The van der Waals surface area contributed by atoms with Crippen LogP contribution in [0.2, 0.25) is 4.34 Å². The molecule has 0 saturated heterocycles. The number of halogens is 13. The highest BCUT2D eigenvalue weighted by molar-refractivity contribution is 9.10. The Hall–Kier alpha value is -2.92. The number of anilines is 2. The number of carbonyl (C=O) groups is 2. The van der Waals surface area contributed by atoms with E-state index in [1.54, 1.807) is 5.32 Å². The van der Waals surface area contributed by atoms with Crippen LogP contribution < -0.4 is 10.6 Å². The van der Waals surface area contributed by atoms with Crippen molar-refractivity contribution < 1.29 is 57.9 Å². The number of hydrogen-bond acceptors (Lipinski definition) is 3. The van der Waals surface area contributed by atoms with Crippen molar-refractivity contribution in [1.82, 2.24) is 0 Å². The van der Waals surface area contributed by atoms with Crippen LogP contribution in [0.4, 0.5) is 59.7 Å². The van der Waals surface area contributed by atoms with E-state index in [1.165, 1.54) is 12.1 Å². The van der Waals surface area contributed by atoms with E-state index >= 15 is 0 Å². The molecule has 18 heteroatoms. The molecule has 2 amide bonds. The molecule has 216 valence electrons. The summed E-state index contributed by atoms with van der Waals surface area (Å²) in [6, 6.07) is 4.41. The molecule has 2 aromatic carbocycles. The van der Waals surface area contributed by atoms with Gasteiger partial charge in [0.05, 0.1) is 31.7 Å². The average molecular weight is 690 g/mol. The van der Waals surface area contributed by atoms with Gasteiger partial charge in [-0.3, -0.25) is 9.59 Å². The predicted octanol–water partition coefficient (Wildman–Crippen LogP) is 9.12. The molecule has 1 heterocycles. The lowest BCUT2D eigenvalue weighted by Crippen LogP contribution is -2.50. The number of carbonyl (C=O) groups excluding carboxylic acids is 2. The molecular formula is C22H9BrClF11N2O2S. The van der Waals surface area contributed by atoms with E-state index < -0.39 is 80.4 Å². The molecule has 2 N–H and O–H groups in total. The Labute approximate surface area is 233 Å². The van der Waals surface area contributed by atoms with Crippen LogP contribution in [0.1, 0.15) is 31.2 Å². The number of nitrogens with one attached hydrogen (secondary N) is 2. The SMILES string of the molecule is O=C(Nc1cccc(C(=O)Nc2c(Br)cc(C(F)(C(F)(F)F)C(F)(F)F)cc2C(F)(F)F)c1F)c1ccc(Cl)s1. The quantitative estimate of drug-likeness (QED) is 0.263. The van der Waals surface area contributed by atoms with Gasteiger partial charge in [-0.05, 0) is 52.3 Å². The fourth-order valence-electron chi connectivity index (χ4n) is 3.25. The Kier molecular flexibility index (Phi) is 8.54. The zero-order chi connectivity index (χ0) is 30.4. The largest absolute Gasteiger partial charge is 0.435 e. The van der Waals surface area contributed by atoms with Crippen LogP contribution in [0, 0.1) is 5.82 Å². The zero-order valence-electron chi connectivity index (χ0n) is 18.7. The lowest BCUT2D eigenvalue weighted by molar-refractivity contribution is -0.348. The first-order valence-corrected chi connectivity index (χ1v) is 12.1. The van der Waals surface area contributed by atoms with Crippen molar-refractivity contribution in [2.75, 3.05) is 10.6 Å². The van der Waals surface area contributed by atoms with Gasteiger partial charge < -0.3 is 10.6 Å². The van der Waals surface area contributed by atoms with Crippen molar-refractivity contribution in [3.05, 3.63) is 78.7 Å². The normalized spacial score (nSPS) is 12.8. The Bertz CT molecular complexity index is 1450. The molecule has 0 spiro atoms. The maximum atomic E-state index is 15.0. The van der Waals surface area contributed by atoms with Gasteiger partial charge in [-0.1, -0.05) is 17.7 Å². The fraction of sp³-hybridized carbons (Fsp3) is 0.182. The third-order valence-corrected chi connectivity index (χ3v) is 6.96. The van der Waals surface area contributed by atoms with E-state index in [0.717, 1.165) is 29.5 Å². The number of benzene rings is 2. The van der Waals surface area contributed by atoms with Crippen molar-refractivity contribution >= 4 is 62.1 Å². The van der Waals surface area contributed by atoms with Crippen LogP contribution in [0.3, 0.4) is 0 Å². The molecule has 4 nitrogen and oxygen atoms in total. The van der Waals surface area contributed by atoms with Gasteiger partial charge >= 0.3 is 24.2 Å². The van der Waals surface area contributed by atoms with Crippen LogP contribution in [-0.4, -0.2) is 24.2 Å². The number of alkyl halides is 10. The summed E-state index contributed by atoms with van der Waals surface area (Å²) in [6.45, 7) is 0. The number of amides is 2. The predicted molar refractivity (Wildman–Crippen MR) is 126 cm³/mol. The highest BCUT2D eigenvalue weighted by Crippen LogP contribution is 2.55. The lowest BCUT2D eigenvalue weighted by atomic mass is 9.92. The minimum atomic E-state index is -6.72. The average Bonchev–Trinajstić information content (AvgIpc) is 3.25. The first kappa shape index (κ1) is 31.6. The van der Waals surface area contributed by atoms with E-state index in [4.69, 9.17) is 11.6 Å². The van der Waals surface area contributed by atoms with E-state index in [-0.39, 0.29) is 15.3 Å². The molecule has 0 atom stereocenters. The van der Waals surface area contributed by atoms with Crippen molar-refractivity contribution in [2.24, 2.45) is 0 Å². The summed E-state index contributed by atoms with van der Waals surface area (Å²) in [5, 5.41) is 3.67. The summed E-state index contributed by atoms with van der Waals surface area (Å²) < 4.78 is 148. The number of rotatable bonds is 5. The summed E-state index contributed by atoms with van der Waals surface area (Å²) in [4.78, 5) is 25.0. The van der Waals surface area contributed by atoms with Gasteiger partial charge in [-0.2, -0.15) is 39.5 Å². The van der Waals surface area contributed by atoms with E-state index in [0.29, 0.717) is 0 Å². The second kappa shape index (κ2) is 10.8. The third kappa shape index (κ3) is 6.05. The number of hydrogen-bond donors (Lipinski definition) is 2. The maximum absolute atomic E-state index is 15.0. The maximum Gasteiger partial charge on any atom is 0.435 e. The second-order valence-corrected chi connectivity index (χ2v) is 10.3. The third-order valence-electron chi connectivity index (χ3n) is 5.10. The van der Waals surface area contributed by atoms with Gasteiger partial charge in [0.15, 0.2) is 5.82 Å². The standard InChI is InChI=1S/C22H9BrClF11N2O2S/c23-11-7-8(19(26,21(30,31)32)22(33,34)35)6-10(20(27,28)29)16(11)37-17(38)9-2-1-3-12(15(9)25)36-18(39)13-4-5-14(24)40-13/h1-7H,(H,36,39)(H,37,38). The van der Waals surface area contributed by atoms with Gasteiger partial charge in [0.2, 0.25) is 0 Å². The van der Waals surface area contributed by atoms with E-state index in [9.17, 15) is 57.9 Å². The van der Waals surface area contributed by atoms with E-state index in [2.05, 4.69) is 21.2 Å². The molecule has 0 aliphatic heterocycles. The molecule has 1 aromatic heterocycles. The number of thiophene rings is 1. The molecule has 40 heavy (non-hydrogen) atoms. The molecule has 3 rings (SSSR count). The van der Waals surface area contributed by atoms with Crippen molar-refractivity contribution in [1.29, 1.82) is 0 Å². The lowest BCUT2D eigenvalue weighted by Gasteiger charge is -2.31. The Balaban J connectivity index is 2.05. The minimum absolute atomic E-state index is 0.0275. The Morgan fingerprint density at radius 2 is 1.43 bits per heavy atom. The van der Waals surface area contributed by atoms with Crippen LogP contribution >= 0.6 is 38.9 Å². The molecular weight excluding hydrogens is 681 g/mol. The summed E-state index contributed by atoms with van der Waals surface area (Å²) in [5.41, 5.74) is -14.0. The second-order valence-electron chi connectivity index (χ2n) is 7.71. The fourth-order valence-corrected chi connectivity index (χ4v) is 4.75. The molecule has 3 aromatic rings. The zero-order valence-corrected chi connectivity index (χ0v) is 21.8. The van der Waals surface area contributed by atoms with Crippen LogP contribution in [-0.2, 0) is 11.8 Å². The molecule has 0 radical (unpaired) electrons. The summed E-state index contributed by atoms with van der Waals surface area (Å²) in [6.07, 6.45) is -19.2. The Morgan fingerprint density at radius 1 is 0.825 bits per heavy atom. The van der Waals surface area contributed by atoms with Crippen molar-refractivity contribution in [3.63, 3.8) is 0 Å². The van der Waals surface area contributed by atoms with Gasteiger partial charge in [0, 0.05) is 10.0 Å². The van der Waals surface area contributed by atoms with Crippen LogP contribution in [0.5, 0.6) is 0 Å². The van der Waals surface area contributed by atoms with Gasteiger partial charge in [-0.25, -0.2) is 8.78 Å². The van der Waals surface area contributed by atoms with E-state index in [1.807, 2.05) is 0 Å². The van der Waals surface area contributed by atoms with Crippen LogP contribution in [0.15, 0.2) is 46.9 Å². The summed E-state index contributed by atoms with van der Waals surface area (Å²) >= 11 is 8.87. The Morgan fingerprint density at radius 3 is 1.93 bits per heavy atom. The minimum Gasteiger partial charge on any atom is -0.320 e. The monoisotopic (exact) mass is 688 g/mol. The molecule has 0 fully saturated rings. The van der Waals surface area contributed by atoms with Gasteiger partial charge in [0.25, 0.3) is 11.8 Å². The summed E-state index contributed by atoms with van der Waals surface area (Å²) in [5.74, 6) is -3.96. The highest BCUT2D eigenvalue weighted by Gasteiger charge is 2.73. The molecule has 0 bridgehead atoms. The topological polar surface area (TPSA) is 58.2 Å². The molecule has 0 unspecified atom stereocenters. The smallest absolute Gasteiger partial charge is 0.320 e. The van der Waals surface area contributed by atoms with Crippen LogP contribution in [0.25, 0.3) is 0 Å².